The molecule has 7 nitrogen and oxygen atoms in total. The smallest absolute Gasteiger partial charge is 0.332 e. The lowest BCUT2D eigenvalue weighted by Gasteiger charge is -2.01. The second kappa shape index (κ2) is 4.62. The molecule has 0 aliphatic rings. The lowest BCUT2D eigenvalue weighted by molar-refractivity contribution is -0.144. The summed E-state index contributed by atoms with van der Waals surface area (Å²) in [6.45, 7) is -0.603. The lowest BCUT2D eigenvalue weighted by Crippen LogP contribution is -2.27. The van der Waals surface area contributed by atoms with E-state index >= 15 is 0 Å². The second-order valence-electron chi connectivity index (χ2n) is 3.23. The molecule has 1 heterocycles. The minimum absolute atomic E-state index is 0.158. The molecule has 0 bridgehead atoms. The predicted octanol–water partition coefficient (Wildman–Crippen LogP) is 0.309. The Morgan fingerprint density at radius 3 is 2.94 bits per heavy atom. The molecule has 17 heavy (non-hydrogen) atoms. The molecule has 88 valence electrons. The van der Waals surface area contributed by atoms with Gasteiger partial charge in [0.05, 0.1) is 5.52 Å². The summed E-state index contributed by atoms with van der Waals surface area (Å²) < 4.78 is 0. The molecule has 1 aromatic heterocycles. The van der Waals surface area contributed by atoms with Crippen LogP contribution in [0.3, 0.4) is 0 Å². The summed E-state index contributed by atoms with van der Waals surface area (Å²) in [5.41, 5.74) is 2.88. The van der Waals surface area contributed by atoms with Crippen molar-refractivity contribution in [2.24, 2.45) is 0 Å². The van der Waals surface area contributed by atoms with E-state index in [9.17, 15) is 9.59 Å². The molecular weight excluding hydrogens is 226 g/mol. The molecule has 0 saturated heterocycles. The number of hydrogen-bond acceptors (Lipinski definition) is 4. The first-order valence-electron chi connectivity index (χ1n) is 4.75. The minimum Gasteiger partial charge on any atom is -0.479 e. The number of rotatable bonds is 4. The van der Waals surface area contributed by atoms with Crippen LogP contribution >= 0.6 is 0 Å². The van der Waals surface area contributed by atoms with Crippen LogP contribution in [-0.4, -0.2) is 33.8 Å². The highest BCUT2D eigenvalue weighted by Gasteiger charge is 2.13. The molecule has 0 spiro atoms. The Bertz CT molecular complexity index is 563. The van der Waals surface area contributed by atoms with E-state index in [-0.39, 0.29) is 5.69 Å². The summed E-state index contributed by atoms with van der Waals surface area (Å²) >= 11 is 0. The summed E-state index contributed by atoms with van der Waals surface area (Å²) in [6.07, 6.45) is 0. The van der Waals surface area contributed by atoms with E-state index in [1.165, 1.54) is 0 Å². The molecule has 0 fully saturated rings. The van der Waals surface area contributed by atoms with Crippen LogP contribution in [0.1, 0.15) is 10.5 Å². The van der Waals surface area contributed by atoms with Crippen molar-refractivity contribution in [1.82, 2.24) is 15.7 Å². The standard InChI is InChI=1S/C10H9N3O4/c14-8(15)5-17-13-10(16)9-6-3-1-2-4-7(6)11-12-9/h1-4H,5H2,(H,11,12)(H,13,16)(H,14,15). The Balaban J connectivity index is 2.11. The molecular formula is C10H9N3O4. The Hall–Kier alpha value is -2.41. The van der Waals surface area contributed by atoms with E-state index < -0.39 is 18.5 Å². The highest BCUT2D eigenvalue weighted by atomic mass is 16.7. The van der Waals surface area contributed by atoms with E-state index in [1.54, 1.807) is 18.2 Å². The third-order valence-corrected chi connectivity index (χ3v) is 2.05. The van der Waals surface area contributed by atoms with Crippen LogP contribution in [0.15, 0.2) is 24.3 Å². The fraction of sp³-hybridized carbons (Fsp3) is 0.100. The van der Waals surface area contributed by atoms with Gasteiger partial charge in [0.2, 0.25) is 0 Å². The Labute approximate surface area is 95.3 Å². The largest absolute Gasteiger partial charge is 0.479 e. The highest BCUT2D eigenvalue weighted by molar-refractivity contribution is 6.04. The van der Waals surface area contributed by atoms with Crippen LogP contribution in [0.5, 0.6) is 0 Å². The highest BCUT2D eigenvalue weighted by Crippen LogP contribution is 2.14. The van der Waals surface area contributed by atoms with Crippen molar-refractivity contribution in [2.75, 3.05) is 6.61 Å². The van der Waals surface area contributed by atoms with Gasteiger partial charge in [0.1, 0.15) is 0 Å². The number of aromatic nitrogens is 2. The molecule has 0 aliphatic heterocycles. The fourth-order valence-corrected chi connectivity index (χ4v) is 1.35. The van der Waals surface area contributed by atoms with Gasteiger partial charge >= 0.3 is 5.97 Å². The minimum atomic E-state index is -1.17. The fourth-order valence-electron chi connectivity index (χ4n) is 1.35. The van der Waals surface area contributed by atoms with Gasteiger partial charge in [0.15, 0.2) is 12.3 Å². The molecule has 0 unspecified atom stereocenters. The van der Waals surface area contributed by atoms with Gasteiger partial charge in [-0.1, -0.05) is 18.2 Å². The monoisotopic (exact) mass is 235 g/mol. The molecule has 0 radical (unpaired) electrons. The molecule has 7 heteroatoms. The van der Waals surface area contributed by atoms with Gasteiger partial charge in [-0.05, 0) is 6.07 Å². The van der Waals surface area contributed by atoms with Crippen LogP contribution < -0.4 is 5.48 Å². The summed E-state index contributed by atoms with van der Waals surface area (Å²) in [5, 5.41) is 15.5. The number of nitrogens with zero attached hydrogens (tertiary/aromatic N) is 1. The number of H-pyrrole nitrogens is 1. The van der Waals surface area contributed by atoms with Crippen molar-refractivity contribution < 1.29 is 19.5 Å². The Kier molecular flexibility index (Phi) is 3.01. The molecule has 2 aromatic rings. The molecule has 0 atom stereocenters. The van der Waals surface area contributed by atoms with Gasteiger partial charge in [0, 0.05) is 5.39 Å². The van der Waals surface area contributed by atoms with Gasteiger partial charge in [-0.15, -0.1) is 0 Å². The average Bonchev–Trinajstić information content (AvgIpc) is 2.72. The molecule has 2 rings (SSSR count). The summed E-state index contributed by atoms with van der Waals surface area (Å²) in [6, 6.07) is 7.08. The van der Waals surface area contributed by atoms with Gasteiger partial charge in [-0.25, -0.2) is 10.3 Å². The molecule has 0 saturated carbocycles. The Morgan fingerprint density at radius 1 is 1.41 bits per heavy atom. The normalized spacial score (nSPS) is 10.4. The zero-order valence-electron chi connectivity index (χ0n) is 8.64. The van der Waals surface area contributed by atoms with Crippen molar-refractivity contribution in [3.05, 3.63) is 30.0 Å². The maximum Gasteiger partial charge on any atom is 0.332 e. The first-order valence-corrected chi connectivity index (χ1v) is 4.75. The van der Waals surface area contributed by atoms with Crippen LogP contribution in [-0.2, 0) is 9.63 Å². The van der Waals surface area contributed by atoms with E-state index in [0.29, 0.717) is 5.39 Å². The molecule has 0 aliphatic carbocycles. The quantitative estimate of drug-likeness (QED) is 0.661. The van der Waals surface area contributed by atoms with Crippen LogP contribution in [0, 0.1) is 0 Å². The number of carboxylic acids is 1. The number of aliphatic carboxylic acids is 1. The van der Waals surface area contributed by atoms with Gasteiger partial charge in [-0.3, -0.25) is 14.7 Å². The zero-order valence-corrected chi connectivity index (χ0v) is 8.64. The van der Waals surface area contributed by atoms with E-state index in [4.69, 9.17) is 5.11 Å². The van der Waals surface area contributed by atoms with Crippen molar-refractivity contribution in [1.29, 1.82) is 0 Å². The molecule has 1 aromatic carbocycles. The number of amides is 1. The van der Waals surface area contributed by atoms with Gasteiger partial charge in [0.25, 0.3) is 5.91 Å². The van der Waals surface area contributed by atoms with Gasteiger partial charge in [-0.2, -0.15) is 5.10 Å². The maximum absolute atomic E-state index is 11.6. The number of carboxylic acid groups (broad SMARTS) is 1. The van der Waals surface area contributed by atoms with Crippen LogP contribution in [0.2, 0.25) is 0 Å². The summed E-state index contributed by atoms with van der Waals surface area (Å²) in [4.78, 5) is 26.2. The van der Waals surface area contributed by atoms with Crippen molar-refractivity contribution in [2.45, 2.75) is 0 Å². The number of para-hydroxylation sites is 1. The topological polar surface area (TPSA) is 104 Å². The SMILES string of the molecule is O=C(O)CONC(=O)c1n[nH]c2ccccc12. The number of carbonyl (C=O) groups excluding carboxylic acids is 1. The zero-order chi connectivity index (χ0) is 12.3. The number of aromatic amines is 1. The van der Waals surface area contributed by atoms with Crippen molar-refractivity contribution in [3.63, 3.8) is 0 Å². The van der Waals surface area contributed by atoms with E-state index in [2.05, 4.69) is 15.0 Å². The van der Waals surface area contributed by atoms with Crippen LogP contribution in [0.25, 0.3) is 10.9 Å². The van der Waals surface area contributed by atoms with Gasteiger partial charge < -0.3 is 5.11 Å². The van der Waals surface area contributed by atoms with E-state index in [1.807, 2.05) is 11.5 Å². The number of carbonyl (C=O) groups is 2. The first kappa shape index (κ1) is 11.1. The number of benzene rings is 1. The summed E-state index contributed by atoms with van der Waals surface area (Å²) in [7, 11) is 0. The average molecular weight is 235 g/mol. The van der Waals surface area contributed by atoms with E-state index in [0.717, 1.165) is 5.52 Å². The lowest BCUT2D eigenvalue weighted by atomic mass is 10.2. The number of hydroxylamine groups is 1. The second-order valence-corrected chi connectivity index (χ2v) is 3.23. The number of fused-ring (bicyclic) bond motifs is 1. The molecule has 3 N–H and O–H groups in total. The number of hydrogen-bond donors (Lipinski definition) is 3. The summed E-state index contributed by atoms with van der Waals surface area (Å²) in [5.74, 6) is -1.76. The Morgan fingerprint density at radius 2 is 2.18 bits per heavy atom. The van der Waals surface area contributed by atoms with Crippen LogP contribution in [0.4, 0.5) is 0 Å². The first-order chi connectivity index (χ1) is 8.18. The van der Waals surface area contributed by atoms with Crippen molar-refractivity contribution in [3.8, 4) is 0 Å². The molecule has 1 amide bonds. The predicted molar refractivity (Wildman–Crippen MR) is 57.1 cm³/mol. The third-order valence-electron chi connectivity index (χ3n) is 2.05. The third kappa shape index (κ3) is 2.40. The number of nitrogens with one attached hydrogen (secondary N) is 2. The van der Waals surface area contributed by atoms with Crippen molar-refractivity contribution >= 4 is 22.8 Å². The maximum atomic E-state index is 11.6.